The van der Waals surface area contributed by atoms with Crippen LogP contribution in [0.3, 0.4) is 0 Å². The minimum absolute atomic E-state index is 0.0478. The molecule has 27 heavy (non-hydrogen) atoms. The first-order valence-electron chi connectivity index (χ1n) is 9.41. The number of methoxy groups -OCH3 is 1. The Balaban J connectivity index is 1.74. The number of carbonyl (C=O) groups excluding carboxylic acids is 1. The molecule has 2 aromatic rings. The van der Waals surface area contributed by atoms with Crippen molar-refractivity contribution in [2.24, 2.45) is 0 Å². The maximum absolute atomic E-state index is 12.6. The summed E-state index contributed by atoms with van der Waals surface area (Å²) in [5.74, 6) is 1.04. The molecule has 1 aliphatic heterocycles. The highest BCUT2D eigenvalue weighted by molar-refractivity contribution is 5.77. The summed E-state index contributed by atoms with van der Waals surface area (Å²) in [7, 11) is 1.58. The molecule has 7 heteroatoms. The van der Waals surface area contributed by atoms with Gasteiger partial charge in [-0.2, -0.15) is 0 Å². The number of aromatic nitrogens is 2. The molecular weight excluding hydrogens is 344 g/mol. The van der Waals surface area contributed by atoms with Crippen molar-refractivity contribution >= 4 is 22.9 Å². The molecule has 1 aromatic heterocycles. The summed E-state index contributed by atoms with van der Waals surface area (Å²) in [6.07, 6.45) is 2.75. The van der Waals surface area contributed by atoms with Gasteiger partial charge in [-0.15, -0.1) is 0 Å². The predicted molar refractivity (Wildman–Crippen MR) is 105 cm³/mol. The van der Waals surface area contributed by atoms with E-state index in [0.717, 1.165) is 30.3 Å². The molecule has 1 atom stereocenters. The van der Waals surface area contributed by atoms with E-state index in [2.05, 4.69) is 15.3 Å². The monoisotopic (exact) mass is 372 g/mol. The fourth-order valence-corrected chi connectivity index (χ4v) is 3.23. The number of amides is 1. The summed E-state index contributed by atoms with van der Waals surface area (Å²) in [5.41, 5.74) is 1.08. The highest BCUT2D eigenvalue weighted by Crippen LogP contribution is 2.25. The number of ether oxygens (including phenoxy) is 2. The first kappa shape index (κ1) is 19.2. The summed E-state index contributed by atoms with van der Waals surface area (Å²) >= 11 is 0. The molecule has 7 nitrogen and oxygen atoms in total. The zero-order chi connectivity index (χ0) is 19.4. The quantitative estimate of drug-likeness (QED) is 0.879. The zero-order valence-corrected chi connectivity index (χ0v) is 16.5. The zero-order valence-electron chi connectivity index (χ0n) is 16.5. The summed E-state index contributed by atoms with van der Waals surface area (Å²) in [6, 6.07) is 7.72. The molecular formula is C20H28N4O3. The smallest absolute Gasteiger partial charge is 0.410 e. The van der Waals surface area contributed by atoms with E-state index in [1.54, 1.807) is 7.11 Å². The highest BCUT2D eigenvalue weighted by Gasteiger charge is 2.30. The minimum atomic E-state index is -0.500. The van der Waals surface area contributed by atoms with Crippen LogP contribution < -0.4 is 10.1 Å². The van der Waals surface area contributed by atoms with Gasteiger partial charge in [-0.25, -0.2) is 14.8 Å². The summed E-state index contributed by atoms with van der Waals surface area (Å²) in [4.78, 5) is 23.5. The van der Waals surface area contributed by atoms with Gasteiger partial charge in [0.15, 0.2) is 5.82 Å². The average Bonchev–Trinajstić information content (AvgIpc) is 2.64. The number of nitrogens with one attached hydrogen (secondary N) is 1. The largest absolute Gasteiger partial charge is 0.478 e. The molecule has 1 unspecified atom stereocenters. The number of hydrogen-bond donors (Lipinski definition) is 1. The van der Waals surface area contributed by atoms with Crippen molar-refractivity contribution in [2.45, 2.75) is 51.7 Å². The lowest BCUT2D eigenvalue weighted by atomic mass is 10.0. The second-order valence-electron chi connectivity index (χ2n) is 7.77. The van der Waals surface area contributed by atoms with E-state index in [-0.39, 0.29) is 12.1 Å². The van der Waals surface area contributed by atoms with E-state index in [1.165, 1.54) is 0 Å². The van der Waals surface area contributed by atoms with Crippen molar-refractivity contribution in [1.29, 1.82) is 0 Å². The van der Waals surface area contributed by atoms with Gasteiger partial charge in [-0.3, -0.25) is 0 Å². The van der Waals surface area contributed by atoms with Crippen LogP contribution in [0, 0.1) is 0 Å². The molecule has 1 saturated heterocycles. The van der Waals surface area contributed by atoms with E-state index in [0.29, 0.717) is 24.8 Å². The van der Waals surface area contributed by atoms with E-state index >= 15 is 0 Å². The van der Waals surface area contributed by atoms with E-state index < -0.39 is 5.60 Å². The molecule has 1 aliphatic rings. The van der Waals surface area contributed by atoms with Crippen LogP contribution in [0.25, 0.3) is 11.0 Å². The van der Waals surface area contributed by atoms with Crippen LogP contribution in [-0.2, 0) is 4.74 Å². The van der Waals surface area contributed by atoms with Gasteiger partial charge in [0, 0.05) is 13.1 Å². The molecule has 2 heterocycles. The minimum Gasteiger partial charge on any atom is -0.478 e. The molecule has 0 spiro atoms. The Bertz CT molecular complexity index is 803. The summed E-state index contributed by atoms with van der Waals surface area (Å²) in [6.45, 7) is 6.94. The van der Waals surface area contributed by atoms with Crippen molar-refractivity contribution in [3.05, 3.63) is 24.3 Å². The third kappa shape index (κ3) is 4.78. The number of para-hydroxylation sites is 2. The van der Waals surface area contributed by atoms with Crippen LogP contribution in [0.1, 0.15) is 40.0 Å². The first-order valence-corrected chi connectivity index (χ1v) is 9.41. The third-order valence-corrected chi connectivity index (χ3v) is 4.49. The maximum atomic E-state index is 12.6. The van der Waals surface area contributed by atoms with Gasteiger partial charge < -0.3 is 19.7 Å². The maximum Gasteiger partial charge on any atom is 0.410 e. The molecule has 1 N–H and O–H groups in total. The van der Waals surface area contributed by atoms with E-state index in [1.807, 2.05) is 49.9 Å². The lowest BCUT2D eigenvalue weighted by Gasteiger charge is -2.36. The number of fused-ring (bicyclic) bond motifs is 1. The SMILES string of the molecule is COc1nc2ccccc2nc1NCC1CCCCN1C(=O)OC(C)(C)C. The molecule has 0 radical (unpaired) electrons. The number of rotatable bonds is 4. The Morgan fingerprint density at radius 2 is 1.93 bits per heavy atom. The Morgan fingerprint density at radius 3 is 2.59 bits per heavy atom. The summed E-state index contributed by atoms with van der Waals surface area (Å²) in [5, 5.41) is 3.33. The first-order chi connectivity index (χ1) is 12.9. The number of benzene rings is 1. The Labute approximate surface area is 160 Å². The molecule has 146 valence electrons. The number of nitrogens with zero attached hydrogens (tertiary/aromatic N) is 3. The second-order valence-corrected chi connectivity index (χ2v) is 7.77. The topological polar surface area (TPSA) is 76.6 Å². The van der Waals surface area contributed by atoms with E-state index in [4.69, 9.17) is 9.47 Å². The van der Waals surface area contributed by atoms with Gasteiger partial charge in [0.1, 0.15) is 5.60 Å². The number of hydrogen-bond acceptors (Lipinski definition) is 6. The lowest BCUT2D eigenvalue weighted by molar-refractivity contribution is 0.0114. The van der Waals surface area contributed by atoms with Crippen LogP contribution in [0.4, 0.5) is 10.6 Å². The van der Waals surface area contributed by atoms with Crippen LogP contribution >= 0.6 is 0 Å². The predicted octanol–water partition coefficient (Wildman–Crippen LogP) is 3.84. The van der Waals surface area contributed by atoms with Crippen molar-refractivity contribution < 1.29 is 14.3 Å². The standard InChI is InChI=1S/C20H28N4O3/c1-20(2,3)27-19(25)24-12-8-7-9-14(24)13-21-17-18(26-4)23-16-11-6-5-10-15(16)22-17/h5-6,10-11,14H,7-9,12-13H2,1-4H3,(H,21,22). The fourth-order valence-electron chi connectivity index (χ4n) is 3.23. The molecule has 1 fully saturated rings. The number of anilines is 1. The molecule has 1 amide bonds. The van der Waals surface area contributed by atoms with Crippen molar-refractivity contribution in [2.75, 3.05) is 25.5 Å². The van der Waals surface area contributed by atoms with Gasteiger partial charge in [0.05, 0.1) is 24.2 Å². The molecule has 1 aromatic carbocycles. The van der Waals surface area contributed by atoms with Gasteiger partial charge in [-0.1, -0.05) is 12.1 Å². The third-order valence-electron chi connectivity index (χ3n) is 4.49. The normalized spacial score (nSPS) is 17.6. The highest BCUT2D eigenvalue weighted by atomic mass is 16.6. The average molecular weight is 372 g/mol. The van der Waals surface area contributed by atoms with Gasteiger partial charge in [0.2, 0.25) is 0 Å². The fraction of sp³-hybridized carbons (Fsp3) is 0.550. The Morgan fingerprint density at radius 1 is 1.22 bits per heavy atom. The summed E-state index contributed by atoms with van der Waals surface area (Å²) < 4.78 is 11.0. The van der Waals surface area contributed by atoms with Crippen LogP contribution in [-0.4, -0.2) is 52.8 Å². The second kappa shape index (κ2) is 7.98. The van der Waals surface area contributed by atoms with Crippen LogP contribution in [0.5, 0.6) is 5.88 Å². The molecule has 0 aliphatic carbocycles. The van der Waals surface area contributed by atoms with E-state index in [9.17, 15) is 4.79 Å². The number of likely N-dealkylation sites (tertiary alicyclic amines) is 1. The Hall–Kier alpha value is -2.57. The van der Waals surface area contributed by atoms with Crippen LogP contribution in [0.15, 0.2) is 24.3 Å². The van der Waals surface area contributed by atoms with Crippen LogP contribution in [0.2, 0.25) is 0 Å². The number of piperidine rings is 1. The lowest BCUT2D eigenvalue weighted by Crippen LogP contribution is -2.49. The van der Waals surface area contributed by atoms with Gasteiger partial charge in [0.25, 0.3) is 5.88 Å². The van der Waals surface area contributed by atoms with Crippen molar-refractivity contribution in [3.63, 3.8) is 0 Å². The van der Waals surface area contributed by atoms with Gasteiger partial charge in [-0.05, 0) is 52.2 Å². The van der Waals surface area contributed by atoms with Gasteiger partial charge >= 0.3 is 6.09 Å². The molecule has 3 rings (SSSR count). The number of carbonyl (C=O) groups is 1. The molecule has 0 saturated carbocycles. The van der Waals surface area contributed by atoms with Crippen molar-refractivity contribution in [1.82, 2.24) is 14.9 Å². The molecule has 0 bridgehead atoms. The van der Waals surface area contributed by atoms with Crippen molar-refractivity contribution in [3.8, 4) is 5.88 Å². The Kier molecular flexibility index (Phi) is 5.68.